The Morgan fingerprint density at radius 3 is 2.30 bits per heavy atom. The van der Waals surface area contributed by atoms with E-state index in [0.29, 0.717) is 25.9 Å². The molecule has 1 atom stereocenters. The second-order valence-electron chi connectivity index (χ2n) is 6.89. The normalized spacial score (nSPS) is 15.7. The molecule has 1 aromatic rings. The summed E-state index contributed by atoms with van der Waals surface area (Å²) in [5.41, 5.74) is -1.20. The number of piperidine rings is 1. The molecule has 0 spiro atoms. The number of nitrogens with one attached hydrogen (secondary N) is 1. The number of nitrogens with zero attached hydrogens (tertiary/aromatic N) is 3. The zero-order valence-electron chi connectivity index (χ0n) is 15.9. The molecule has 1 aromatic heterocycles. The highest BCUT2D eigenvalue weighted by molar-refractivity contribution is 6.04. The Morgan fingerprint density at radius 1 is 1.19 bits per heavy atom. The molecule has 146 valence electrons. The molecule has 2 amide bonds. The van der Waals surface area contributed by atoms with E-state index in [-0.39, 0.29) is 17.3 Å². The maximum atomic E-state index is 12.8. The number of carbonyl (C=O) groups is 2. The molecule has 2 heterocycles. The zero-order valence-corrected chi connectivity index (χ0v) is 15.9. The molecule has 2 rings (SSSR count). The highest BCUT2D eigenvalue weighted by Gasteiger charge is 2.34. The van der Waals surface area contributed by atoms with Gasteiger partial charge in [0, 0.05) is 25.5 Å². The highest BCUT2D eigenvalue weighted by atomic mass is 16.3. The van der Waals surface area contributed by atoms with Crippen LogP contribution in [0.3, 0.4) is 0 Å². The Morgan fingerprint density at radius 2 is 1.74 bits per heavy atom. The van der Waals surface area contributed by atoms with Crippen molar-refractivity contribution in [1.29, 1.82) is 0 Å². The van der Waals surface area contributed by atoms with Gasteiger partial charge in [0.15, 0.2) is 11.4 Å². The molecule has 0 aromatic carbocycles. The van der Waals surface area contributed by atoms with E-state index in [9.17, 15) is 14.7 Å². The summed E-state index contributed by atoms with van der Waals surface area (Å²) in [5, 5.41) is 13.5. The lowest BCUT2D eigenvalue weighted by Crippen LogP contribution is -2.51. The molecule has 0 bridgehead atoms. The smallest absolute Gasteiger partial charge is 0.274 e. The van der Waals surface area contributed by atoms with Gasteiger partial charge in [-0.1, -0.05) is 12.2 Å². The summed E-state index contributed by atoms with van der Waals surface area (Å²) >= 11 is 0. The van der Waals surface area contributed by atoms with Gasteiger partial charge in [-0.2, -0.15) is 0 Å². The van der Waals surface area contributed by atoms with Crippen LogP contribution in [0.15, 0.2) is 37.7 Å². The van der Waals surface area contributed by atoms with Gasteiger partial charge in [0.25, 0.3) is 11.8 Å². The zero-order chi connectivity index (χ0) is 19.9. The summed E-state index contributed by atoms with van der Waals surface area (Å²) < 4.78 is 0. The minimum atomic E-state index is -1.21. The Hall–Kier alpha value is -2.54. The number of rotatable bonds is 8. The van der Waals surface area contributed by atoms with Crippen molar-refractivity contribution in [3.8, 4) is 0 Å². The van der Waals surface area contributed by atoms with Crippen LogP contribution in [-0.4, -0.2) is 56.5 Å². The lowest BCUT2D eigenvalue weighted by molar-refractivity contribution is 0.0126. The molecule has 0 aliphatic carbocycles. The molecule has 1 saturated heterocycles. The molecular weight excluding hydrogens is 344 g/mol. The van der Waals surface area contributed by atoms with Crippen LogP contribution in [0, 0.1) is 0 Å². The second kappa shape index (κ2) is 9.41. The van der Waals surface area contributed by atoms with Gasteiger partial charge in [-0.3, -0.25) is 9.59 Å². The van der Waals surface area contributed by atoms with Gasteiger partial charge < -0.3 is 15.3 Å². The quantitative estimate of drug-likeness (QED) is 0.682. The summed E-state index contributed by atoms with van der Waals surface area (Å²) in [6.45, 7) is 10.3. The van der Waals surface area contributed by atoms with Gasteiger partial charge in [-0.05, 0) is 39.0 Å². The van der Waals surface area contributed by atoms with E-state index in [1.165, 1.54) is 12.4 Å². The molecule has 0 saturated carbocycles. The van der Waals surface area contributed by atoms with Gasteiger partial charge in [0.2, 0.25) is 0 Å². The van der Waals surface area contributed by atoms with E-state index in [0.717, 1.165) is 19.3 Å². The van der Waals surface area contributed by atoms with Crippen LogP contribution in [0.1, 0.15) is 60.0 Å². The molecule has 2 N–H and O–H groups in total. The lowest BCUT2D eigenvalue weighted by Gasteiger charge is -2.33. The highest BCUT2D eigenvalue weighted by Crippen LogP contribution is 2.22. The summed E-state index contributed by atoms with van der Waals surface area (Å²) in [5.74, 6) is -0.824. The molecule has 7 nitrogen and oxygen atoms in total. The molecule has 1 fully saturated rings. The minimum absolute atomic E-state index is 0.0283. The van der Waals surface area contributed by atoms with Crippen molar-refractivity contribution < 1.29 is 14.7 Å². The van der Waals surface area contributed by atoms with Crippen molar-refractivity contribution in [2.24, 2.45) is 0 Å². The summed E-state index contributed by atoms with van der Waals surface area (Å²) in [7, 11) is 0. The number of aliphatic hydroxyl groups is 1. The van der Waals surface area contributed by atoms with E-state index in [2.05, 4.69) is 28.4 Å². The number of likely N-dealkylation sites (tertiary alicyclic amines) is 1. The molecule has 1 aliphatic rings. The van der Waals surface area contributed by atoms with E-state index < -0.39 is 17.6 Å². The van der Waals surface area contributed by atoms with Crippen LogP contribution >= 0.6 is 0 Å². The third-order valence-electron chi connectivity index (χ3n) is 4.91. The summed E-state index contributed by atoms with van der Waals surface area (Å²) in [4.78, 5) is 35.4. The topological polar surface area (TPSA) is 95.4 Å². The van der Waals surface area contributed by atoms with Crippen LogP contribution in [0.4, 0.5) is 0 Å². The number of amides is 2. The number of hydrogen-bond donors (Lipinski definition) is 2. The van der Waals surface area contributed by atoms with E-state index in [1.54, 1.807) is 24.0 Å². The minimum Gasteiger partial charge on any atom is -0.387 e. The predicted octanol–water partition coefficient (Wildman–Crippen LogP) is 2.10. The average molecular weight is 372 g/mol. The van der Waals surface area contributed by atoms with Crippen molar-refractivity contribution in [2.75, 3.05) is 13.1 Å². The van der Waals surface area contributed by atoms with Crippen LogP contribution in [-0.2, 0) is 0 Å². The van der Waals surface area contributed by atoms with Gasteiger partial charge in [-0.25, -0.2) is 9.97 Å². The van der Waals surface area contributed by atoms with Crippen molar-refractivity contribution in [2.45, 2.75) is 50.7 Å². The molecule has 1 aliphatic heterocycles. The third-order valence-corrected chi connectivity index (χ3v) is 4.91. The Labute approximate surface area is 160 Å². The number of carbonyl (C=O) groups excluding carboxylic acids is 2. The maximum Gasteiger partial charge on any atom is 0.274 e. The first kappa shape index (κ1) is 20.8. The molecule has 27 heavy (non-hydrogen) atoms. The first-order valence-corrected chi connectivity index (χ1v) is 9.28. The fourth-order valence-corrected chi connectivity index (χ4v) is 3.24. The second-order valence-corrected chi connectivity index (χ2v) is 6.89. The standard InChI is InChI=1S/C20H28N4O3/c1-4-9-20(27,10-5-2)15(3)23-18(25)16-17(22-12-11-21-16)19(26)24-13-7-6-8-14-24/h4-5,11-12,15,27H,1-2,6-10,13-14H2,3H3,(H,23,25)/t15-/m1/s1. The molecule has 7 heteroatoms. The van der Waals surface area contributed by atoms with Crippen molar-refractivity contribution >= 4 is 11.8 Å². The van der Waals surface area contributed by atoms with Gasteiger partial charge in [0.05, 0.1) is 11.6 Å². The largest absolute Gasteiger partial charge is 0.387 e. The van der Waals surface area contributed by atoms with Crippen LogP contribution in [0.25, 0.3) is 0 Å². The van der Waals surface area contributed by atoms with Crippen molar-refractivity contribution in [3.05, 3.63) is 49.1 Å². The average Bonchev–Trinajstić information content (AvgIpc) is 2.68. The fourth-order valence-electron chi connectivity index (χ4n) is 3.24. The van der Waals surface area contributed by atoms with Gasteiger partial charge in [0.1, 0.15) is 0 Å². The van der Waals surface area contributed by atoms with Crippen molar-refractivity contribution in [3.63, 3.8) is 0 Å². The van der Waals surface area contributed by atoms with E-state index in [4.69, 9.17) is 0 Å². The van der Waals surface area contributed by atoms with Crippen LogP contribution < -0.4 is 5.32 Å². The van der Waals surface area contributed by atoms with Crippen molar-refractivity contribution in [1.82, 2.24) is 20.2 Å². The molecule has 0 radical (unpaired) electrons. The monoisotopic (exact) mass is 372 g/mol. The number of aromatic nitrogens is 2. The molecular formula is C20H28N4O3. The van der Waals surface area contributed by atoms with E-state index in [1.807, 2.05) is 0 Å². The van der Waals surface area contributed by atoms with Crippen LogP contribution in [0.5, 0.6) is 0 Å². The first-order valence-electron chi connectivity index (χ1n) is 9.28. The Bertz CT molecular complexity index is 688. The van der Waals surface area contributed by atoms with Gasteiger partial charge >= 0.3 is 0 Å². The Kier molecular flexibility index (Phi) is 7.24. The summed E-state index contributed by atoms with van der Waals surface area (Å²) in [6, 6.07) is -0.596. The lowest BCUT2D eigenvalue weighted by atomic mass is 9.88. The Balaban J connectivity index is 2.20. The fraction of sp³-hybridized carbons (Fsp3) is 0.500. The SMILES string of the molecule is C=CCC(O)(CC=C)[C@@H](C)NC(=O)c1nccnc1C(=O)N1CCCCC1. The predicted molar refractivity (Wildman–Crippen MR) is 103 cm³/mol. The first-order chi connectivity index (χ1) is 12.9. The van der Waals surface area contributed by atoms with E-state index >= 15 is 0 Å². The molecule has 0 unspecified atom stereocenters. The van der Waals surface area contributed by atoms with Crippen LogP contribution in [0.2, 0.25) is 0 Å². The summed E-state index contributed by atoms with van der Waals surface area (Å²) in [6.07, 6.45) is 9.55. The maximum absolute atomic E-state index is 12.8. The number of hydrogen-bond acceptors (Lipinski definition) is 5. The third kappa shape index (κ3) is 5.01. The van der Waals surface area contributed by atoms with Gasteiger partial charge in [-0.15, -0.1) is 13.2 Å².